The van der Waals surface area contributed by atoms with Gasteiger partial charge < -0.3 is 14.2 Å². The number of aromatic nitrogens is 4. The van der Waals surface area contributed by atoms with Gasteiger partial charge in [-0.2, -0.15) is 0 Å². The Labute approximate surface area is 193 Å². The second kappa shape index (κ2) is 8.81. The zero-order valence-electron chi connectivity index (χ0n) is 18.3. The van der Waals surface area contributed by atoms with Crippen LogP contribution < -0.4 is 5.56 Å². The summed E-state index contributed by atoms with van der Waals surface area (Å²) in [5, 5.41) is 10.5. The highest BCUT2D eigenvalue weighted by Crippen LogP contribution is 2.20. The minimum absolute atomic E-state index is 0.0474. The molecule has 5 heterocycles. The third-order valence-electron chi connectivity index (χ3n) is 6.04. The number of carbonyl (C=O) groups excluding carboxylic acids is 2. The van der Waals surface area contributed by atoms with Gasteiger partial charge in [-0.1, -0.05) is 0 Å². The highest BCUT2D eigenvalue weighted by atomic mass is 32.1. The lowest BCUT2D eigenvalue weighted by Crippen LogP contribution is -2.50. The van der Waals surface area contributed by atoms with E-state index < -0.39 is 0 Å². The minimum Gasteiger partial charge on any atom is -0.459 e. The van der Waals surface area contributed by atoms with Crippen LogP contribution in [0.1, 0.15) is 36.1 Å². The van der Waals surface area contributed by atoms with Crippen molar-refractivity contribution >= 4 is 39.1 Å². The topological polar surface area (TPSA) is 106 Å². The molecule has 33 heavy (non-hydrogen) atoms. The van der Waals surface area contributed by atoms with Crippen LogP contribution in [0, 0.1) is 0 Å². The van der Waals surface area contributed by atoms with Crippen LogP contribution in [0.3, 0.4) is 0 Å². The Bertz CT molecular complexity index is 1360. The first-order valence-electron chi connectivity index (χ1n) is 11.0. The summed E-state index contributed by atoms with van der Waals surface area (Å²) in [6, 6.07) is 5.25. The van der Waals surface area contributed by atoms with E-state index in [1.54, 1.807) is 26.5 Å². The molecule has 0 radical (unpaired) electrons. The predicted molar refractivity (Wildman–Crippen MR) is 122 cm³/mol. The van der Waals surface area contributed by atoms with Gasteiger partial charge in [0.15, 0.2) is 5.76 Å². The third-order valence-corrected chi connectivity index (χ3v) is 6.93. The summed E-state index contributed by atoms with van der Waals surface area (Å²) in [5.74, 6) is 1.53. The molecular formula is C22H24N6O4S. The fraction of sp³-hybridized carbons (Fsp3) is 0.409. The lowest BCUT2D eigenvalue weighted by molar-refractivity contribution is -0.132. The Morgan fingerprint density at radius 2 is 1.91 bits per heavy atom. The first-order valence-corrected chi connectivity index (χ1v) is 11.9. The van der Waals surface area contributed by atoms with Gasteiger partial charge in [-0.25, -0.2) is 0 Å². The second-order valence-corrected chi connectivity index (χ2v) is 8.86. The monoisotopic (exact) mass is 468 g/mol. The van der Waals surface area contributed by atoms with Gasteiger partial charge in [-0.15, -0.1) is 21.5 Å². The Hall–Kier alpha value is -3.47. The number of furan rings is 1. The predicted octanol–water partition coefficient (Wildman–Crippen LogP) is 2.03. The zero-order valence-corrected chi connectivity index (χ0v) is 19.1. The van der Waals surface area contributed by atoms with Crippen molar-refractivity contribution in [1.29, 1.82) is 0 Å². The van der Waals surface area contributed by atoms with E-state index in [-0.39, 0.29) is 17.4 Å². The summed E-state index contributed by atoms with van der Waals surface area (Å²) in [6.45, 7) is 4.43. The van der Waals surface area contributed by atoms with E-state index >= 15 is 0 Å². The van der Waals surface area contributed by atoms with Gasteiger partial charge in [-0.3, -0.25) is 23.4 Å². The van der Waals surface area contributed by atoms with Crippen molar-refractivity contribution in [1.82, 2.24) is 29.0 Å². The van der Waals surface area contributed by atoms with E-state index in [1.165, 1.54) is 17.6 Å². The lowest BCUT2D eigenvalue weighted by Gasteiger charge is -2.34. The first-order chi connectivity index (χ1) is 16.1. The molecule has 0 bridgehead atoms. The smallest absolute Gasteiger partial charge is 0.289 e. The second-order valence-electron chi connectivity index (χ2n) is 7.94. The number of nitrogens with zero attached hydrogens (tertiary/aromatic N) is 6. The van der Waals surface area contributed by atoms with Crippen LogP contribution in [0.2, 0.25) is 0 Å². The fourth-order valence-electron chi connectivity index (χ4n) is 4.30. The van der Waals surface area contributed by atoms with Crippen LogP contribution in [-0.4, -0.2) is 67.0 Å². The summed E-state index contributed by atoms with van der Waals surface area (Å²) in [7, 11) is 0. The molecule has 0 spiro atoms. The third kappa shape index (κ3) is 3.82. The molecule has 4 aromatic rings. The highest BCUT2D eigenvalue weighted by Gasteiger charge is 2.26. The molecule has 11 heteroatoms. The minimum atomic E-state index is -0.143. The Balaban J connectivity index is 1.21. The maximum Gasteiger partial charge on any atom is 0.289 e. The van der Waals surface area contributed by atoms with Crippen LogP contribution >= 0.6 is 11.3 Å². The van der Waals surface area contributed by atoms with Gasteiger partial charge >= 0.3 is 0 Å². The summed E-state index contributed by atoms with van der Waals surface area (Å²) in [5.41, 5.74) is 0.766. The molecule has 0 aliphatic carbocycles. The Morgan fingerprint density at radius 1 is 1.12 bits per heavy atom. The largest absolute Gasteiger partial charge is 0.459 e. The van der Waals surface area contributed by atoms with Crippen LogP contribution in [0.25, 0.3) is 16.0 Å². The molecule has 0 unspecified atom stereocenters. The molecule has 4 aromatic heterocycles. The number of piperazine rings is 1. The maximum atomic E-state index is 12.7. The summed E-state index contributed by atoms with van der Waals surface area (Å²) < 4.78 is 9.42. The molecule has 172 valence electrons. The van der Waals surface area contributed by atoms with Crippen molar-refractivity contribution in [3.8, 4) is 0 Å². The van der Waals surface area contributed by atoms with E-state index in [4.69, 9.17) is 4.42 Å². The molecule has 0 saturated carbocycles. The molecule has 5 rings (SSSR count). The lowest BCUT2D eigenvalue weighted by atomic mass is 10.2. The van der Waals surface area contributed by atoms with Crippen LogP contribution in [0.15, 0.2) is 39.1 Å². The first kappa shape index (κ1) is 21.4. The molecule has 2 amide bonds. The van der Waals surface area contributed by atoms with Crippen molar-refractivity contribution in [3.05, 3.63) is 51.8 Å². The molecule has 1 aliphatic heterocycles. The summed E-state index contributed by atoms with van der Waals surface area (Å²) in [6.07, 6.45) is 3.08. The SMILES string of the molecule is CCn1c(=O)c2sccc2n2c(CCCC(=O)N3CCN(C(=O)c4ccco4)CC3)nnc12. The van der Waals surface area contributed by atoms with Gasteiger partial charge in [0, 0.05) is 45.6 Å². The quantitative estimate of drug-likeness (QED) is 0.429. The summed E-state index contributed by atoms with van der Waals surface area (Å²) >= 11 is 1.41. The van der Waals surface area contributed by atoms with Crippen molar-refractivity contribution in [3.63, 3.8) is 0 Å². The number of fused-ring (bicyclic) bond motifs is 3. The van der Waals surface area contributed by atoms with Crippen molar-refractivity contribution in [2.45, 2.75) is 32.7 Å². The molecular weight excluding hydrogens is 444 g/mol. The van der Waals surface area contributed by atoms with Gasteiger partial charge in [0.1, 0.15) is 10.5 Å². The molecule has 10 nitrogen and oxygen atoms in total. The number of amides is 2. The van der Waals surface area contributed by atoms with Crippen LogP contribution in [0.5, 0.6) is 0 Å². The molecule has 0 atom stereocenters. The standard InChI is InChI=1S/C22H24N6O4S/c1-2-27-21(31)19-15(8-14-33-19)28-17(23-24-22(27)28)6-3-7-18(29)25-9-11-26(12-10-25)20(30)16-5-4-13-32-16/h4-5,8,13-14H,2-3,6-7,9-12H2,1H3. The summed E-state index contributed by atoms with van der Waals surface area (Å²) in [4.78, 5) is 41.3. The number of carbonyl (C=O) groups is 2. The van der Waals surface area contributed by atoms with Crippen molar-refractivity contribution in [2.24, 2.45) is 0 Å². The average molecular weight is 469 g/mol. The average Bonchev–Trinajstić information content (AvgIpc) is 3.60. The molecule has 1 aliphatic rings. The van der Waals surface area contributed by atoms with Crippen molar-refractivity contribution in [2.75, 3.05) is 26.2 Å². The molecule has 1 fully saturated rings. The number of hydrogen-bond acceptors (Lipinski definition) is 7. The van der Waals surface area contributed by atoms with Gasteiger partial charge in [0.05, 0.1) is 11.8 Å². The van der Waals surface area contributed by atoms with Gasteiger partial charge in [-0.05, 0) is 36.9 Å². The molecule has 0 aromatic carbocycles. The van der Waals surface area contributed by atoms with Crippen LogP contribution in [-0.2, 0) is 17.8 Å². The van der Waals surface area contributed by atoms with E-state index in [1.807, 2.05) is 22.8 Å². The fourth-order valence-corrected chi connectivity index (χ4v) is 5.12. The zero-order chi connectivity index (χ0) is 22.9. The number of thiophene rings is 1. The Morgan fingerprint density at radius 3 is 2.64 bits per heavy atom. The molecule has 0 N–H and O–H groups in total. The van der Waals surface area contributed by atoms with E-state index in [0.29, 0.717) is 68.2 Å². The van der Waals surface area contributed by atoms with Crippen LogP contribution in [0.4, 0.5) is 0 Å². The number of rotatable bonds is 6. The van der Waals surface area contributed by atoms with E-state index in [2.05, 4.69) is 10.2 Å². The highest BCUT2D eigenvalue weighted by molar-refractivity contribution is 7.17. The number of hydrogen-bond donors (Lipinski definition) is 0. The van der Waals surface area contributed by atoms with Gasteiger partial charge in [0.25, 0.3) is 11.5 Å². The van der Waals surface area contributed by atoms with E-state index in [9.17, 15) is 14.4 Å². The van der Waals surface area contributed by atoms with Crippen molar-refractivity contribution < 1.29 is 14.0 Å². The Kier molecular flexibility index (Phi) is 5.71. The maximum absolute atomic E-state index is 12.7. The normalized spacial score (nSPS) is 14.5. The van der Waals surface area contributed by atoms with E-state index in [0.717, 1.165) is 11.3 Å². The molecule has 1 saturated heterocycles. The number of aryl methyl sites for hydroxylation is 2. The van der Waals surface area contributed by atoms with Gasteiger partial charge in [0.2, 0.25) is 11.7 Å².